The van der Waals surface area contributed by atoms with Crippen molar-refractivity contribution in [1.82, 2.24) is 0 Å². The van der Waals surface area contributed by atoms with Gasteiger partial charge in [-0.05, 0) is 25.3 Å². The minimum absolute atomic E-state index is 0.753. The van der Waals surface area contributed by atoms with Crippen molar-refractivity contribution in [3.63, 3.8) is 0 Å². The van der Waals surface area contributed by atoms with Gasteiger partial charge < -0.3 is 10.5 Å². The summed E-state index contributed by atoms with van der Waals surface area (Å²) in [7, 11) is 0. The Morgan fingerprint density at radius 1 is 1.27 bits per heavy atom. The van der Waals surface area contributed by atoms with Crippen LogP contribution >= 0.6 is 0 Å². The Kier molecular flexibility index (Phi) is 4.55. The third-order valence-corrected chi connectivity index (χ3v) is 2.39. The second kappa shape index (κ2) is 5.56. The average molecular weight is 157 g/mol. The molecule has 66 valence electrons. The summed E-state index contributed by atoms with van der Waals surface area (Å²) in [5, 5.41) is 0. The van der Waals surface area contributed by atoms with E-state index in [1.54, 1.807) is 0 Å². The van der Waals surface area contributed by atoms with Crippen LogP contribution in [0.5, 0.6) is 0 Å². The lowest BCUT2D eigenvalue weighted by Crippen LogP contribution is -2.14. The Labute approximate surface area is 69.1 Å². The molecule has 1 rings (SSSR count). The van der Waals surface area contributed by atoms with E-state index in [4.69, 9.17) is 10.5 Å². The largest absolute Gasteiger partial charge is 0.381 e. The van der Waals surface area contributed by atoms with E-state index in [1.165, 1.54) is 25.7 Å². The highest BCUT2D eigenvalue weighted by Gasteiger charge is 2.16. The van der Waals surface area contributed by atoms with E-state index in [0.29, 0.717) is 0 Å². The molecular formula is C9H19NO. The van der Waals surface area contributed by atoms with Crippen LogP contribution in [0.15, 0.2) is 0 Å². The van der Waals surface area contributed by atoms with Gasteiger partial charge in [-0.2, -0.15) is 0 Å². The molecule has 0 unspecified atom stereocenters. The van der Waals surface area contributed by atoms with Crippen LogP contribution in [0.2, 0.25) is 0 Å². The molecule has 0 atom stereocenters. The van der Waals surface area contributed by atoms with E-state index < -0.39 is 0 Å². The fourth-order valence-corrected chi connectivity index (χ4v) is 1.32. The highest BCUT2D eigenvalue weighted by Crippen LogP contribution is 2.28. The number of nitrogens with two attached hydrogens (primary N) is 1. The SMILES string of the molecule is NCCCOCCC1CCC1. The van der Waals surface area contributed by atoms with Gasteiger partial charge >= 0.3 is 0 Å². The molecule has 0 radical (unpaired) electrons. The van der Waals surface area contributed by atoms with E-state index in [9.17, 15) is 0 Å². The van der Waals surface area contributed by atoms with Gasteiger partial charge in [-0.25, -0.2) is 0 Å². The molecule has 11 heavy (non-hydrogen) atoms. The second-order valence-corrected chi connectivity index (χ2v) is 3.34. The van der Waals surface area contributed by atoms with Gasteiger partial charge in [0.25, 0.3) is 0 Å². The maximum Gasteiger partial charge on any atom is 0.0478 e. The van der Waals surface area contributed by atoms with Crippen LogP contribution in [0.1, 0.15) is 32.1 Å². The van der Waals surface area contributed by atoms with Crippen molar-refractivity contribution in [2.24, 2.45) is 11.7 Å². The molecule has 2 nitrogen and oxygen atoms in total. The van der Waals surface area contributed by atoms with Crippen LogP contribution in [0, 0.1) is 5.92 Å². The monoisotopic (exact) mass is 157 g/mol. The van der Waals surface area contributed by atoms with Gasteiger partial charge in [0.15, 0.2) is 0 Å². The smallest absolute Gasteiger partial charge is 0.0478 e. The summed E-state index contributed by atoms with van der Waals surface area (Å²) >= 11 is 0. The zero-order valence-electron chi connectivity index (χ0n) is 7.22. The summed E-state index contributed by atoms with van der Waals surface area (Å²) in [5.74, 6) is 0.980. The lowest BCUT2D eigenvalue weighted by Gasteiger charge is -2.24. The molecule has 1 aliphatic rings. The summed E-state index contributed by atoms with van der Waals surface area (Å²) in [4.78, 5) is 0. The first-order valence-electron chi connectivity index (χ1n) is 4.71. The summed E-state index contributed by atoms with van der Waals surface area (Å²) in [6.07, 6.45) is 6.57. The normalized spacial score (nSPS) is 18.3. The third-order valence-electron chi connectivity index (χ3n) is 2.39. The van der Waals surface area contributed by atoms with Gasteiger partial charge in [0, 0.05) is 13.2 Å². The zero-order chi connectivity index (χ0) is 7.94. The molecule has 2 N–H and O–H groups in total. The molecule has 2 heteroatoms. The molecule has 0 aromatic rings. The first kappa shape index (κ1) is 9.01. The molecule has 0 aromatic carbocycles. The van der Waals surface area contributed by atoms with E-state index in [-0.39, 0.29) is 0 Å². The Hall–Kier alpha value is -0.0800. The lowest BCUT2D eigenvalue weighted by atomic mass is 9.83. The molecule has 1 saturated carbocycles. The van der Waals surface area contributed by atoms with E-state index in [1.807, 2.05) is 0 Å². The van der Waals surface area contributed by atoms with Gasteiger partial charge in [-0.3, -0.25) is 0 Å². The molecular weight excluding hydrogens is 138 g/mol. The second-order valence-electron chi connectivity index (χ2n) is 3.34. The fourth-order valence-electron chi connectivity index (χ4n) is 1.32. The van der Waals surface area contributed by atoms with Crippen molar-refractivity contribution in [2.45, 2.75) is 32.1 Å². The van der Waals surface area contributed by atoms with Crippen LogP contribution in [0.3, 0.4) is 0 Å². The van der Waals surface area contributed by atoms with Crippen LogP contribution in [0.25, 0.3) is 0 Å². The van der Waals surface area contributed by atoms with Crippen LogP contribution in [-0.4, -0.2) is 19.8 Å². The first-order valence-corrected chi connectivity index (χ1v) is 4.71. The first-order chi connectivity index (χ1) is 5.43. The standard InChI is InChI=1S/C9H19NO/c10-6-2-7-11-8-5-9-3-1-4-9/h9H,1-8,10H2. The zero-order valence-corrected chi connectivity index (χ0v) is 7.22. The summed E-state index contributed by atoms with van der Waals surface area (Å²) in [5.41, 5.74) is 5.33. The number of hydrogen-bond acceptors (Lipinski definition) is 2. The quantitative estimate of drug-likeness (QED) is 0.594. The van der Waals surface area contributed by atoms with Crippen molar-refractivity contribution in [2.75, 3.05) is 19.8 Å². The fraction of sp³-hybridized carbons (Fsp3) is 1.00. The summed E-state index contributed by atoms with van der Waals surface area (Å²) in [6, 6.07) is 0. The van der Waals surface area contributed by atoms with Crippen molar-refractivity contribution in [3.05, 3.63) is 0 Å². The number of ether oxygens (including phenoxy) is 1. The average Bonchev–Trinajstić information content (AvgIpc) is 1.93. The highest BCUT2D eigenvalue weighted by atomic mass is 16.5. The molecule has 0 saturated heterocycles. The number of rotatable bonds is 6. The van der Waals surface area contributed by atoms with Gasteiger partial charge in [-0.1, -0.05) is 19.3 Å². The maximum atomic E-state index is 5.40. The van der Waals surface area contributed by atoms with Gasteiger partial charge in [0.2, 0.25) is 0 Å². The maximum absolute atomic E-state index is 5.40. The Morgan fingerprint density at radius 2 is 2.09 bits per heavy atom. The van der Waals surface area contributed by atoms with Crippen molar-refractivity contribution >= 4 is 0 Å². The number of hydrogen-bond donors (Lipinski definition) is 1. The predicted octanol–water partition coefficient (Wildman–Crippen LogP) is 1.54. The molecule has 0 amide bonds. The van der Waals surface area contributed by atoms with E-state index in [2.05, 4.69) is 0 Å². The lowest BCUT2D eigenvalue weighted by molar-refractivity contribution is 0.106. The molecule has 1 aliphatic carbocycles. The minimum atomic E-state index is 0.753. The van der Waals surface area contributed by atoms with E-state index in [0.717, 1.165) is 32.1 Å². The molecule has 0 spiro atoms. The summed E-state index contributed by atoms with van der Waals surface area (Å²) < 4.78 is 5.40. The molecule has 0 bridgehead atoms. The molecule has 0 heterocycles. The Bertz CT molecular complexity index is 91.6. The predicted molar refractivity (Wildman–Crippen MR) is 46.4 cm³/mol. The topological polar surface area (TPSA) is 35.2 Å². The third kappa shape index (κ3) is 3.73. The molecule has 0 aliphatic heterocycles. The van der Waals surface area contributed by atoms with Crippen molar-refractivity contribution in [3.8, 4) is 0 Å². The van der Waals surface area contributed by atoms with Crippen LogP contribution in [0.4, 0.5) is 0 Å². The van der Waals surface area contributed by atoms with Gasteiger partial charge in [0.05, 0.1) is 0 Å². The summed E-state index contributed by atoms with van der Waals surface area (Å²) in [6.45, 7) is 2.55. The van der Waals surface area contributed by atoms with Crippen molar-refractivity contribution in [1.29, 1.82) is 0 Å². The highest BCUT2D eigenvalue weighted by molar-refractivity contribution is 4.68. The minimum Gasteiger partial charge on any atom is -0.381 e. The van der Waals surface area contributed by atoms with Gasteiger partial charge in [0.1, 0.15) is 0 Å². The van der Waals surface area contributed by atoms with Crippen molar-refractivity contribution < 1.29 is 4.74 Å². The molecule has 0 aromatic heterocycles. The van der Waals surface area contributed by atoms with Crippen LogP contribution < -0.4 is 5.73 Å². The van der Waals surface area contributed by atoms with Crippen LogP contribution in [-0.2, 0) is 4.74 Å². The Morgan fingerprint density at radius 3 is 2.64 bits per heavy atom. The molecule has 1 fully saturated rings. The van der Waals surface area contributed by atoms with Gasteiger partial charge in [-0.15, -0.1) is 0 Å². The Balaban J connectivity index is 1.73. The van der Waals surface area contributed by atoms with E-state index >= 15 is 0 Å².